The maximum atomic E-state index is 12.3. The first-order chi connectivity index (χ1) is 12.9. The number of ketones is 1. The molecule has 3 aromatic rings. The second-order valence-electron chi connectivity index (χ2n) is 5.77. The summed E-state index contributed by atoms with van der Waals surface area (Å²) in [5.41, 5.74) is 1.78. The van der Waals surface area contributed by atoms with Crippen molar-refractivity contribution in [3.05, 3.63) is 93.6 Å². The van der Waals surface area contributed by atoms with E-state index in [1.165, 1.54) is 12.2 Å². The highest BCUT2D eigenvalue weighted by Gasteiger charge is 2.20. The van der Waals surface area contributed by atoms with Crippen LogP contribution in [0.2, 0.25) is 0 Å². The number of hydrogen-bond acceptors (Lipinski definition) is 3. The third-order valence-electron chi connectivity index (χ3n) is 3.93. The van der Waals surface area contributed by atoms with E-state index in [-0.39, 0.29) is 16.2 Å². The standard InChI is InChI=1S/C21H15IO4S/c22-18-12-9-15(10-13-18)19-8-4-7-17(21(19)27(24,25)26)11-14-20(23)16-5-2-1-3-6-16/h1-14H,(H,24,25,26)/b14-11+. The van der Waals surface area contributed by atoms with Gasteiger partial charge in [0.15, 0.2) is 5.78 Å². The van der Waals surface area contributed by atoms with Gasteiger partial charge >= 0.3 is 0 Å². The van der Waals surface area contributed by atoms with Gasteiger partial charge in [-0.05, 0) is 58.0 Å². The van der Waals surface area contributed by atoms with Crippen LogP contribution in [0.25, 0.3) is 17.2 Å². The topological polar surface area (TPSA) is 71.4 Å². The number of allylic oxidation sites excluding steroid dienone is 1. The van der Waals surface area contributed by atoms with Crippen molar-refractivity contribution in [3.8, 4) is 11.1 Å². The van der Waals surface area contributed by atoms with Gasteiger partial charge in [-0.2, -0.15) is 8.42 Å². The molecule has 0 atom stereocenters. The minimum atomic E-state index is -4.50. The van der Waals surface area contributed by atoms with Crippen LogP contribution in [0.5, 0.6) is 0 Å². The molecule has 0 radical (unpaired) electrons. The van der Waals surface area contributed by atoms with Crippen LogP contribution in [0.1, 0.15) is 15.9 Å². The fraction of sp³-hybridized carbons (Fsp3) is 0. The Morgan fingerprint density at radius 1 is 0.889 bits per heavy atom. The first-order valence-electron chi connectivity index (χ1n) is 8.00. The van der Waals surface area contributed by atoms with Gasteiger partial charge in [0, 0.05) is 14.7 Å². The molecular formula is C21H15IO4S. The smallest absolute Gasteiger partial charge is 0.289 e. The van der Waals surface area contributed by atoms with Crippen LogP contribution in [-0.2, 0) is 10.1 Å². The van der Waals surface area contributed by atoms with E-state index < -0.39 is 10.1 Å². The van der Waals surface area contributed by atoms with Gasteiger partial charge in [0.1, 0.15) is 4.90 Å². The molecule has 0 amide bonds. The Hall–Kier alpha value is -2.29. The summed E-state index contributed by atoms with van der Waals surface area (Å²) in [7, 11) is -4.50. The second-order valence-corrected chi connectivity index (χ2v) is 8.37. The van der Waals surface area contributed by atoms with Gasteiger partial charge in [-0.1, -0.05) is 60.7 Å². The molecule has 0 bridgehead atoms. The number of hydrogen-bond donors (Lipinski definition) is 1. The van der Waals surface area contributed by atoms with E-state index >= 15 is 0 Å². The van der Waals surface area contributed by atoms with Gasteiger partial charge < -0.3 is 0 Å². The minimum absolute atomic E-state index is 0.219. The lowest BCUT2D eigenvalue weighted by molar-refractivity contribution is 0.104. The van der Waals surface area contributed by atoms with Crippen LogP contribution in [0.4, 0.5) is 0 Å². The zero-order valence-electron chi connectivity index (χ0n) is 14.0. The fourth-order valence-electron chi connectivity index (χ4n) is 2.69. The zero-order valence-corrected chi connectivity index (χ0v) is 17.0. The molecule has 1 N–H and O–H groups in total. The Morgan fingerprint density at radius 2 is 1.56 bits per heavy atom. The summed E-state index contributed by atoms with van der Waals surface area (Å²) in [4.78, 5) is 12.1. The van der Waals surface area contributed by atoms with E-state index in [0.29, 0.717) is 16.7 Å². The summed E-state index contributed by atoms with van der Waals surface area (Å²) < 4.78 is 34.9. The van der Waals surface area contributed by atoms with Crippen molar-refractivity contribution >= 4 is 44.6 Å². The fourth-order valence-corrected chi connectivity index (χ4v) is 3.95. The maximum absolute atomic E-state index is 12.3. The normalized spacial score (nSPS) is 11.6. The molecule has 3 rings (SSSR count). The van der Waals surface area contributed by atoms with E-state index in [1.807, 2.05) is 12.1 Å². The summed E-state index contributed by atoms with van der Waals surface area (Å²) in [5, 5.41) is 0. The van der Waals surface area contributed by atoms with Crippen LogP contribution in [0.3, 0.4) is 0 Å². The van der Waals surface area contributed by atoms with Gasteiger partial charge in [-0.3, -0.25) is 9.35 Å². The molecule has 0 unspecified atom stereocenters. The van der Waals surface area contributed by atoms with E-state index in [4.69, 9.17) is 0 Å². The number of halogens is 1. The van der Waals surface area contributed by atoms with Crippen LogP contribution in [0.15, 0.2) is 83.8 Å². The van der Waals surface area contributed by atoms with E-state index in [9.17, 15) is 17.8 Å². The van der Waals surface area contributed by atoms with Gasteiger partial charge in [-0.25, -0.2) is 0 Å². The summed E-state index contributed by atoms with van der Waals surface area (Å²) in [6, 6.07) is 20.8. The molecule has 136 valence electrons. The molecular weight excluding hydrogens is 475 g/mol. The Kier molecular flexibility index (Phi) is 5.88. The highest BCUT2D eigenvalue weighted by molar-refractivity contribution is 14.1. The van der Waals surface area contributed by atoms with Crippen molar-refractivity contribution in [1.29, 1.82) is 0 Å². The second kappa shape index (κ2) is 8.16. The lowest BCUT2D eigenvalue weighted by atomic mass is 10.0. The van der Waals surface area contributed by atoms with Crippen LogP contribution < -0.4 is 0 Å². The average molecular weight is 490 g/mol. The predicted molar refractivity (Wildman–Crippen MR) is 114 cm³/mol. The Balaban J connectivity index is 2.08. The molecule has 27 heavy (non-hydrogen) atoms. The molecule has 0 heterocycles. The molecule has 0 saturated carbocycles. The summed E-state index contributed by atoms with van der Waals surface area (Å²) in [6.45, 7) is 0. The van der Waals surface area contributed by atoms with Crippen molar-refractivity contribution < 1.29 is 17.8 Å². The SMILES string of the molecule is O=C(/C=C/c1cccc(-c2ccc(I)cc2)c1S(=O)(=O)O)c1ccccc1. The molecule has 0 aliphatic rings. The van der Waals surface area contributed by atoms with E-state index in [2.05, 4.69) is 22.6 Å². The minimum Gasteiger partial charge on any atom is -0.289 e. The first-order valence-corrected chi connectivity index (χ1v) is 10.5. The van der Waals surface area contributed by atoms with Crippen LogP contribution in [-0.4, -0.2) is 18.8 Å². The summed E-state index contributed by atoms with van der Waals surface area (Å²) in [5.74, 6) is -0.253. The quantitative estimate of drug-likeness (QED) is 0.234. The number of carbonyl (C=O) groups excluding carboxylic acids is 1. The third kappa shape index (κ3) is 4.71. The Labute approximate surface area is 171 Å². The van der Waals surface area contributed by atoms with E-state index in [0.717, 1.165) is 3.57 Å². The number of benzene rings is 3. The number of carbonyl (C=O) groups is 1. The average Bonchev–Trinajstić information content (AvgIpc) is 2.66. The van der Waals surface area contributed by atoms with Crippen LogP contribution in [0, 0.1) is 3.57 Å². The summed E-state index contributed by atoms with van der Waals surface area (Å²) in [6.07, 6.45) is 2.71. The van der Waals surface area contributed by atoms with Gasteiger partial charge in [0.2, 0.25) is 0 Å². The molecule has 4 nitrogen and oxygen atoms in total. The Morgan fingerprint density at radius 3 is 2.19 bits per heavy atom. The van der Waals surface area contributed by atoms with Gasteiger partial charge in [0.25, 0.3) is 10.1 Å². The lowest BCUT2D eigenvalue weighted by Gasteiger charge is -2.11. The molecule has 0 aliphatic carbocycles. The van der Waals surface area contributed by atoms with Gasteiger partial charge in [0.05, 0.1) is 0 Å². The first kappa shape index (κ1) is 19.5. The number of rotatable bonds is 5. The largest absolute Gasteiger partial charge is 0.295 e. The predicted octanol–water partition coefficient (Wildman–Crippen LogP) is 5.10. The third-order valence-corrected chi connectivity index (χ3v) is 5.62. The van der Waals surface area contributed by atoms with E-state index in [1.54, 1.807) is 60.7 Å². The zero-order chi connectivity index (χ0) is 19.4. The molecule has 6 heteroatoms. The molecule has 3 aromatic carbocycles. The lowest BCUT2D eigenvalue weighted by Crippen LogP contribution is -2.04. The molecule has 0 fully saturated rings. The van der Waals surface area contributed by atoms with Gasteiger partial charge in [-0.15, -0.1) is 0 Å². The monoisotopic (exact) mass is 490 g/mol. The molecule has 0 aliphatic heterocycles. The van der Waals surface area contributed by atoms with Crippen molar-refractivity contribution in [3.63, 3.8) is 0 Å². The molecule has 0 saturated heterocycles. The van der Waals surface area contributed by atoms with Crippen molar-refractivity contribution in [2.45, 2.75) is 4.90 Å². The summed E-state index contributed by atoms with van der Waals surface area (Å²) >= 11 is 2.16. The van der Waals surface area contributed by atoms with Crippen molar-refractivity contribution in [1.82, 2.24) is 0 Å². The van der Waals surface area contributed by atoms with Crippen LogP contribution >= 0.6 is 22.6 Å². The van der Waals surface area contributed by atoms with Crippen molar-refractivity contribution in [2.24, 2.45) is 0 Å². The highest BCUT2D eigenvalue weighted by atomic mass is 127. The molecule has 0 aromatic heterocycles. The van der Waals surface area contributed by atoms with Crippen molar-refractivity contribution in [2.75, 3.05) is 0 Å². The molecule has 0 spiro atoms. The Bertz CT molecular complexity index is 1100. The highest BCUT2D eigenvalue weighted by Crippen LogP contribution is 2.31. The maximum Gasteiger partial charge on any atom is 0.295 e.